The first kappa shape index (κ1) is 11.5. The number of aromatic nitrogens is 2. The van der Waals surface area contributed by atoms with Crippen molar-refractivity contribution in [3.8, 4) is 5.88 Å². The highest BCUT2D eigenvalue weighted by molar-refractivity contribution is 5.41. The van der Waals surface area contributed by atoms with Gasteiger partial charge < -0.3 is 15.2 Å². The number of hydrogen-bond acceptors (Lipinski definition) is 7. The smallest absolute Gasteiger partial charge is 0.349 e. The Balaban J connectivity index is 2.07. The topological polar surface area (TPSA) is 113 Å². The van der Waals surface area contributed by atoms with Crippen molar-refractivity contribution >= 4 is 11.6 Å². The van der Waals surface area contributed by atoms with Crippen LogP contribution in [0.1, 0.15) is 12.8 Å². The maximum absolute atomic E-state index is 10.7. The summed E-state index contributed by atoms with van der Waals surface area (Å²) in [5.74, 6) is -0.170. The molecule has 0 amide bonds. The van der Waals surface area contributed by atoms with Gasteiger partial charge in [-0.15, -0.1) is 0 Å². The summed E-state index contributed by atoms with van der Waals surface area (Å²) in [6.07, 6.45) is 2.86. The first-order chi connectivity index (χ1) is 8.16. The van der Waals surface area contributed by atoms with Crippen molar-refractivity contribution in [3.05, 3.63) is 16.3 Å². The van der Waals surface area contributed by atoms with Crippen molar-refractivity contribution in [1.29, 1.82) is 0 Å². The minimum atomic E-state index is -0.607. The van der Waals surface area contributed by atoms with Crippen LogP contribution in [-0.4, -0.2) is 34.2 Å². The molecule has 1 unspecified atom stereocenters. The molecule has 1 aliphatic rings. The average Bonchev–Trinajstić information content (AvgIpc) is 2.78. The minimum absolute atomic E-state index is 0.0363. The van der Waals surface area contributed by atoms with E-state index in [0.717, 1.165) is 19.0 Å². The highest BCUT2D eigenvalue weighted by Gasteiger charge is 2.21. The molecule has 17 heavy (non-hydrogen) atoms. The zero-order valence-corrected chi connectivity index (χ0v) is 9.04. The number of nitro groups is 1. The van der Waals surface area contributed by atoms with Crippen molar-refractivity contribution < 1.29 is 14.4 Å². The molecule has 8 nitrogen and oxygen atoms in total. The summed E-state index contributed by atoms with van der Waals surface area (Å²) in [5.41, 5.74) is 5.06. The molecule has 0 aliphatic carbocycles. The van der Waals surface area contributed by atoms with E-state index in [1.807, 2.05) is 0 Å². The van der Waals surface area contributed by atoms with Gasteiger partial charge in [0.05, 0.1) is 11.0 Å². The zero-order valence-electron chi connectivity index (χ0n) is 9.04. The molecule has 2 N–H and O–H groups in total. The molecule has 1 aromatic rings. The van der Waals surface area contributed by atoms with E-state index in [2.05, 4.69) is 9.97 Å². The van der Waals surface area contributed by atoms with E-state index in [4.69, 9.17) is 15.2 Å². The SMILES string of the molecule is Nc1ncc([N+](=O)[O-])c(OCC2CCCO2)n1. The van der Waals surface area contributed by atoms with Gasteiger partial charge in [-0.1, -0.05) is 0 Å². The number of hydrogen-bond donors (Lipinski definition) is 1. The fraction of sp³-hybridized carbons (Fsp3) is 0.556. The number of nitrogen functional groups attached to an aromatic ring is 1. The lowest BCUT2D eigenvalue weighted by Gasteiger charge is -2.10. The third kappa shape index (κ3) is 2.78. The van der Waals surface area contributed by atoms with Gasteiger partial charge in [0.1, 0.15) is 12.8 Å². The quantitative estimate of drug-likeness (QED) is 0.602. The predicted molar refractivity (Wildman–Crippen MR) is 57.6 cm³/mol. The third-order valence-corrected chi connectivity index (χ3v) is 2.38. The Labute approximate surface area is 96.9 Å². The molecule has 0 aromatic carbocycles. The predicted octanol–water partition coefficient (Wildman–Crippen LogP) is 0.525. The molecular formula is C9H12N4O4. The monoisotopic (exact) mass is 240 g/mol. The summed E-state index contributed by atoms with van der Waals surface area (Å²) in [4.78, 5) is 17.4. The molecule has 0 spiro atoms. The normalized spacial score (nSPS) is 19.2. The molecule has 8 heteroatoms. The van der Waals surface area contributed by atoms with Gasteiger partial charge in [-0.2, -0.15) is 4.98 Å². The van der Waals surface area contributed by atoms with Crippen molar-refractivity contribution in [2.75, 3.05) is 18.9 Å². The number of rotatable bonds is 4. The van der Waals surface area contributed by atoms with E-state index in [-0.39, 0.29) is 30.2 Å². The van der Waals surface area contributed by atoms with Crippen LogP contribution in [0.15, 0.2) is 6.20 Å². The Morgan fingerprint density at radius 3 is 3.18 bits per heavy atom. The second-order valence-corrected chi connectivity index (χ2v) is 3.62. The van der Waals surface area contributed by atoms with Crippen LogP contribution in [0.2, 0.25) is 0 Å². The van der Waals surface area contributed by atoms with Crippen LogP contribution in [0.4, 0.5) is 11.6 Å². The number of nitrogens with zero attached hydrogens (tertiary/aromatic N) is 3. The van der Waals surface area contributed by atoms with E-state index in [0.29, 0.717) is 6.61 Å². The Morgan fingerprint density at radius 1 is 1.71 bits per heavy atom. The first-order valence-electron chi connectivity index (χ1n) is 5.18. The van der Waals surface area contributed by atoms with E-state index in [1.54, 1.807) is 0 Å². The summed E-state index contributed by atoms with van der Waals surface area (Å²) in [6.45, 7) is 0.930. The maximum Gasteiger partial charge on any atom is 0.349 e. The van der Waals surface area contributed by atoms with E-state index in [9.17, 15) is 10.1 Å². The number of ether oxygens (including phenoxy) is 2. The van der Waals surface area contributed by atoms with Crippen LogP contribution < -0.4 is 10.5 Å². The van der Waals surface area contributed by atoms with E-state index < -0.39 is 4.92 Å². The summed E-state index contributed by atoms with van der Waals surface area (Å²) >= 11 is 0. The van der Waals surface area contributed by atoms with Crippen molar-refractivity contribution in [3.63, 3.8) is 0 Å². The zero-order chi connectivity index (χ0) is 12.3. The molecule has 2 heterocycles. The third-order valence-electron chi connectivity index (χ3n) is 2.38. The molecule has 1 aliphatic heterocycles. The molecule has 0 saturated carbocycles. The Hall–Kier alpha value is -1.96. The van der Waals surface area contributed by atoms with Gasteiger partial charge in [0, 0.05) is 6.61 Å². The molecule has 1 saturated heterocycles. The second kappa shape index (κ2) is 4.91. The van der Waals surface area contributed by atoms with Crippen LogP contribution >= 0.6 is 0 Å². The standard InChI is InChI=1S/C9H12N4O4/c10-9-11-4-7(13(14)15)8(12-9)17-5-6-2-1-3-16-6/h4,6H,1-3,5H2,(H2,10,11,12). The van der Waals surface area contributed by atoms with Crippen LogP contribution in [0.25, 0.3) is 0 Å². The Kier molecular flexibility index (Phi) is 3.33. The highest BCUT2D eigenvalue weighted by Crippen LogP contribution is 2.24. The molecule has 0 radical (unpaired) electrons. The fourth-order valence-electron chi connectivity index (χ4n) is 1.55. The molecule has 0 bridgehead atoms. The summed E-state index contributed by atoms with van der Waals surface area (Å²) in [7, 11) is 0. The highest BCUT2D eigenvalue weighted by atomic mass is 16.6. The van der Waals surface area contributed by atoms with Gasteiger partial charge in [0.2, 0.25) is 5.95 Å². The minimum Gasteiger partial charge on any atom is -0.470 e. The van der Waals surface area contributed by atoms with Crippen molar-refractivity contribution in [2.24, 2.45) is 0 Å². The Morgan fingerprint density at radius 2 is 2.53 bits per heavy atom. The van der Waals surface area contributed by atoms with Crippen molar-refractivity contribution in [1.82, 2.24) is 9.97 Å². The van der Waals surface area contributed by atoms with E-state index >= 15 is 0 Å². The van der Waals surface area contributed by atoms with Crippen LogP contribution in [0.3, 0.4) is 0 Å². The van der Waals surface area contributed by atoms with Gasteiger partial charge in [-0.25, -0.2) is 4.98 Å². The molecule has 1 fully saturated rings. The summed E-state index contributed by atoms with van der Waals surface area (Å²) in [5, 5.41) is 10.7. The Bertz CT molecular complexity index is 419. The molecular weight excluding hydrogens is 228 g/mol. The van der Waals surface area contributed by atoms with Crippen molar-refractivity contribution in [2.45, 2.75) is 18.9 Å². The lowest BCUT2D eigenvalue weighted by molar-refractivity contribution is -0.386. The fourth-order valence-corrected chi connectivity index (χ4v) is 1.55. The second-order valence-electron chi connectivity index (χ2n) is 3.62. The average molecular weight is 240 g/mol. The summed E-state index contributed by atoms with van der Waals surface area (Å²) in [6, 6.07) is 0. The number of anilines is 1. The van der Waals surface area contributed by atoms with E-state index in [1.165, 1.54) is 0 Å². The van der Waals surface area contributed by atoms with Gasteiger partial charge >= 0.3 is 5.69 Å². The van der Waals surface area contributed by atoms with Crippen LogP contribution in [0, 0.1) is 10.1 Å². The number of nitrogens with two attached hydrogens (primary N) is 1. The van der Waals surface area contributed by atoms with Gasteiger partial charge in [0.25, 0.3) is 5.88 Å². The lowest BCUT2D eigenvalue weighted by Crippen LogP contribution is -2.17. The summed E-state index contributed by atoms with van der Waals surface area (Å²) < 4.78 is 10.6. The van der Waals surface area contributed by atoms with Crippen LogP contribution in [0.5, 0.6) is 5.88 Å². The van der Waals surface area contributed by atoms with Crippen LogP contribution in [-0.2, 0) is 4.74 Å². The largest absolute Gasteiger partial charge is 0.470 e. The van der Waals surface area contributed by atoms with Gasteiger partial charge in [-0.05, 0) is 12.8 Å². The first-order valence-corrected chi connectivity index (χ1v) is 5.18. The molecule has 92 valence electrons. The molecule has 1 aromatic heterocycles. The van der Waals surface area contributed by atoms with Gasteiger partial charge in [0.15, 0.2) is 0 Å². The molecule has 1 atom stereocenters. The molecule has 2 rings (SSSR count). The van der Waals surface area contributed by atoms with Gasteiger partial charge in [-0.3, -0.25) is 10.1 Å². The lowest BCUT2D eigenvalue weighted by atomic mass is 10.2. The maximum atomic E-state index is 10.7.